The molecule has 20 heavy (non-hydrogen) atoms. The third-order valence-electron chi connectivity index (χ3n) is 4.33. The summed E-state index contributed by atoms with van der Waals surface area (Å²) in [5.41, 5.74) is 2.54. The van der Waals surface area contributed by atoms with Crippen LogP contribution in [0.5, 0.6) is 0 Å². The number of hydrogen-bond donors (Lipinski definition) is 0. The Balaban J connectivity index is 1.60. The molecule has 110 valence electrons. The average Bonchev–Trinajstić information content (AvgIpc) is 2.37. The third kappa shape index (κ3) is 2.81. The lowest BCUT2D eigenvalue weighted by atomic mass is 9.92. The molecule has 2 saturated heterocycles. The molecule has 0 atom stereocenters. The van der Waals surface area contributed by atoms with Gasteiger partial charge in [0.25, 0.3) is 0 Å². The first kappa shape index (κ1) is 13.8. The van der Waals surface area contributed by atoms with Crippen LogP contribution in [0, 0.1) is 0 Å². The molecule has 3 heterocycles. The molecule has 2 aliphatic rings. The van der Waals surface area contributed by atoms with E-state index in [9.17, 15) is 0 Å². The fourth-order valence-electron chi connectivity index (χ4n) is 2.80. The van der Waals surface area contributed by atoms with E-state index in [1.54, 1.807) is 0 Å². The number of nitrogens with zero attached hydrogens (tertiary/aromatic N) is 3. The number of ether oxygens (including phenoxy) is 1. The van der Waals surface area contributed by atoms with Gasteiger partial charge in [-0.05, 0) is 12.1 Å². The van der Waals surface area contributed by atoms with Gasteiger partial charge in [0.15, 0.2) is 0 Å². The maximum absolute atomic E-state index is 5.28. The highest BCUT2D eigenvalue weighted by Crippen LogP contribution is 2.23. The van der Waals surface area contributed by atoms with Gasteiger partial charge in [-0.15, -0.1) is 0 Å². The Morgan fingerprint density at radius 1 is 1.10 bits per heavy atom. The van der Waals surface area contributed by atoms with Crippen molar-refractivity contribution in [1.82, 2.24) is 9.88 Å². The molecule has 2 fully saturated rings. The predicted octanol–water partition coefficient (Wildman–Crippen LogP) is 1.90. The molecule has 0 saturated carbocycles. The summed E-state index contributed by atoms with van der Waals surface area (Å²) in [7, 11) is 0. The van der Waals surface area contributed by atoms with Crippen molar-refractivity contribution in [2.75, 3.05) is 44.3 Å². The first-order valence-electron chi connectivity index (χ1n) is 7.57. The largest absolute Gasteiger partial charge is 0.378 e. The van der Waals surface area contributed by atoms with Crippen molar-refractivity contribution in [3.63, 3.8) is 0 Å². The van der Waals surface area contributed by atoms with Crippen LogP contribution in [0.3, 0.4) is 0 Å². The molecule has 3 rings (SSSR count). The van der Waals surface area contributed by atoms with Gasteiger partial charge in [-0.3, -0.25) is 9.88 Å². The molecule has 2 aliphatic heterocycles. The van der Waals surface area contributed by atoms with Crippen LogP contribution in [0.2, 0.25) is 0 Å². The van der Waals surface area contributed by atoms with Crippen molar-refractivity contribution in [3.05, 3.63) is 24.0 Å². The lowest BCUT2D eigenvalue weighted by molar-refractivity contribution is -0.0660. The summed E-state index contributed by atoms with van der Waals surface area (Å²) in [6.45, 7) is 12.9. The average molecular weight is 275 g/mol. The number of rotatable bonds is 2. The van der Waals surface area contributed by atoms with Crippen molar-refractivity contribution in [1.29, 1.82) is 0 Å². The Morgan fingerprint density at radius 3 is 2.25 bits per heavy atom. The molecule has 0 bridgehead atoms. The predicted molar refractivity (Wildman–Crippen MR) is 81.3 cm³/mol. The van der Waals surface area contributed by atoms with E-state index in [1.165, 1.54) is 5.69 Å². The highest BCUT2D eigenvalue weighted by molar-refractivity contribution is 5.45. The topological polar surface area (TPSA) is 28.6 Å². The van der Waals surface area contributed by atoms with Gasteiger partial charge >= 0.3 is 0 Å². The number of pyridine rings is 1. The van der Waals surface area contributed by atoms with E-state index < -0.39 is 0 Å². The van der Waals surface area contributed by atoms with Crippen LogP contribution < -0.4 is 4.90 Å². The summed E-state index contributed by atoms with van der Waals surface area (Å²) < 4.78 is 5.28. The molecule has 0 radical (unpaired) electrons. The van der Waals surface area contributed by atoms with E-state index in [0.717, 1.165) is 45.1 Å². The maximum Gasteiger partial charge on any atom is 0.0645 e. The molecule has 0 amide bonds. The molecule has 0 unspecified atom stereocenters. The van der Waals surface area contributed by atoms with E-state index >= 15 is 0 Å². The van der Waals surface area contributed by atoms with Gasteiger partial charge in [0, 0.05) is 37.3 Å². The Labute approximate surface area is 121 Å². The van der Waals surface area contributed by atoms with Gasteiger partial charge in [0.2, 0.25) is 0 Å². The molecule has 0 aromatic carbocycles. The molecular weight excluding hydrogens is 250 g/mol. The minimum atomic E-state index is 0.126. The Kier molecular flexibility index (Phi) is 3.69. The second-order valence-corrected chi connectivity index (χ2v) is 6.87. The first-order valence-corrected chi connectivity index (χ1v) is 7.57. The van der Waals surface area contributed by atoms with Crippen LogP contribution in [0.15, 0.2) is 18.3 Å². The number of anilines is 1. The van der Waals surface area contributed by atoms with E-state index in [0.29, 0.717) is 6.04 Å². The quantitative estimate of drug-likeness (QED) is 0.824. The molecule has 1 aromatic heterocycles. The summed E-state index contributed by atoms with van der Waals surface area (Å²) in [5.74, 6) is 0. The van der Waals surface area contributed by atoms with E-state index in [4.69, 9.17) is 4.74 Å². The zero-order valence-corrected chi connectivity index (χ0v) is 12.8. The Hall–Kier alpha value is -1.13. The van der Waals surface area contributed by atoms with Gasteiger partial charge < -0.3 is 9.64 Å². The fourth-order valence-corrected chi connectivity index (χ4v) is 2.80. The molecule has 1 aromatic rings. The molecule has 0 spiro atoms. The lowest BCUT2D eigenvalue weighted by Gasteiger charge is -2.43. The van der Waals surface area contributed by atoms with Gasteiger partial charge in [0.05, 0.1) is 31.1 Å². The van der Waals surface area contributed by atoms with E-state index in [-0.39, 0.29) is 5.41 Å². The van der Waals surface area contributed by atoms with Crippen LogP contribution in [-0.4, -0.2) is 55.3 Å². The van der Waals surface area contributed by atoms with E-state index in [1.807, 2.05) is 6.20 Å². The summed E-state index contributed by atoms with van der Waals surface area (Å²) in [6.07, 6.45) is 2.03. The Bertz CT molecular complexity index is 440. The van der Waals surface area contributed by atoms with Crippen LogP contribution in [-0.2, 0) is 10.2 Å². The third-order valence-corrected chi connectivity index (χ3v) is 4.33. The normalized spacial score (nSPS) is 21.9. The van der Waals surface area contributed by atoms with Gasteiger partial charge in [-0.1, -0.05) is 20.8 Å². The monoisotopic (exact) mass is 275 g/mol. The molecule has 0 aliphatic carbocycles. The smallest absolute Gasteiger partial charge is 0.0645 e. The number of piperazine rings is 1. The molecule has 4 heteroatoms. The summed E-state index contributed by atoms with van der Waals surface area (Å²) >= 11 is 0. The maximum atomic E-state index is 5.28. The standard InChI is InChI=1S/C16H25N3O/c1-16(2,3)15-5-4-13(10-17-15)18-6-8-19(9-7-18)14-11-20-12-14/h4-5,10,14H,6-9,11-12H2,1-3H3. The van der Waals surface area contributed by atoms with Crippen molar-refractivity contribution in [3.8, 4) is 0 Å². The molecule has 0 N–H and O–H groups in total. The minimum absolute atomic E-state index is 0.126. The lowest BCUT2D eigenvalue weighted by Crippen LogP contribution is -2.56. The Morgan fingerprint density at radius 2 is 1.80 bits per heavy atom. The van der Waals surface area contributed by atoms with Crippen molar-refractivity contribution in [2.24, 2.45) is 0 Å². The first-order chi connectivity index (χ1) is 9.54. The minimum Gasteiger partial charge on any atom is -0.378 e. The van der Waals surface area contributed by atoms with Crippen LogP contribution in [0.1, 0.15) is 26.5 Å². The van der Waals surface area contributed by atoms with Crippen LogP contribution >= 0.6 is 0 Å². The second kappa shape index (κ2) is 5.34. The van der Waals surface area contributed by atoms with Gasteiger partial charge in [-0.25, -0.2) is 0 Å². The van der Waals surface area contributed by atoms with Gasteiger partial charge in [-0.2, -0.15) is 0 Å². The zero-order chi connectivity index (χ0) is 14.2. The summed E-state index contributed by atoms with van der Waals surface area (Å²) in [5, 5.41) is 0. The van der Waals surface area contributed by atoms with E-state index in [2.05, 4.69) is 47.7 Å². The van der Waals surface area contributed by atoms with Crippen LogP contribution in [0.4, 0.5) is 5.69 Å². The number of hydrogen-bond acceptors (Lipinski definition) is 4. The number of aromatic nitrogens is 1. The zero-order valence-electron chi connectivity index (χ0n) is 12.8. The fraction of sp³-hybridized carbons (Fsp3) is 0.688. The highest BCUT2D eigenvalue weighted by atomic mass is 16.5. The van der Waals surface area contributed by atoms with Gasteiger partial charge in [0.1, 0.15) is 0 Å². The second-order valence-electron chi connectivity index (χ2n) is 6.87. The van der Waals surface area contributed by atoms with Crippen LogP contribution in [0.25, 0.3) is 0 Å². The van der Waals surface area contributed by atoms with Crippen molar-refractivity contribution >= 4 is 5.69 Å². The highest BCUT2D eigenvalue weighted by Gasteiger charge is 2.29. The van der Waals surface area contributed by atoms with Crippen molar-refractivity contribution < 1.29 is 4.74 Å². The summed E-state index contributed by atoms with van der Waals surface area (Å²) in [6, 6.07) is 5.05. The van der Waals surface area contributed by atoms with Crippen molar-refractivity contribution in [2.45, 2.75) is 32.2 Å². The summed E-state index contributed by atoms with van der Waals surface area (Å²) in [4.78, 5) is 9.62. The molecular formula is C16H25N3O. The SMILES string of the molecule is CC(C)(C)c1ccc(N2CCN(C3COC3)CC2)cn1. The molecule has 4 nitrogen and oxygen atoms in total.